The second-order valence-electron chi connectivity index (χ2n) is 3.19. The first-order chi connectivity index (χ1) is 7.66. The summed E-state index contributed by atoms with van der Waals surface area (Å²) in [7, 11) is 0. The van der Waals surface area contributed by atoms with Crippen molar-refractivity contribution >= 4 is 23.2 Å². The molecule has 0 unspecified atom stereocenters. The first kappa shape index (κ1) is 10.6. The fourth-order valence-electron chi connectivity index (χ4n) is 1.14. The maximum absolute atomic E-state index is 11.3. The molecular formula is C10H9ClN4O. The number of nitrogens with zero attached hydrogens (tertiary/aromatic N) is 2. The fourth-order valence-corrected chi connectivity index (χ4v) is 1.32. The Morgan fingerprint density at radius 2 is 2.06 bits per heavy atom. The number of benzene rings is 1. The van der Waals surface area contributed by atoms with E-state index in [0.29, 0.717) is 16.4 Å². The minimum absolute atomic E-state index is 0.267. The van der Waals surface area contributed by atoms with Gasteiger partial charge < -0.3 is 5.32 Å². The van der Waals surface area contributed by atoms with Crippen LogP contribution in [-0.4, -0.2) is 15.2 Å². The van der Waals surface area contributed by atoms with Crippen LogP contribution in [0.25, 0.3) is 0 Å². The number of aromatic nitrogens is 3. The van der Waals surface area contributed by atoms with Crippen molar-refractivity contribution in [2.75, 3.05) is 5.32 Å². The first-order valence-corrected chi connectivity index (χ1v) is 5.00. The highest BCUT2D eigenvalue weighted by atomic mass is 35.5. The van der Waals surface area contributed by atoms with Crippen molar-refractivity contribution in [3.8, 4) is 0 Å². The maximum atomic E-state index is 11.3. The van der Waals surface area contributed by atoms with Crippen LogP contribution < -0.4 is 10.9 Å². The Hall–Kier alpha value is -1.88. The van der Waals surface area contributed by atoms with E-state index in [1.807, 2.05) is 12.1 Å². The van der Waals surface area contributed by atoms with Crippen molar-refractivity contribution < 1.29 is 0 Å². The fraction of sp³-hybridized carbons (Fsp3) is 0.100. The van der Waals surface area contributed by atoms with Crippen LogP contribution in [0.5, 0.6) is 0 Å². The summed E-state index contributed by atoms with van der Waals surface area (Å²) in [6, 6.07) is 7.16. The van der Waals surface area contributed by atoms with E-state index in [0.717, 1.165) is 0 Å². The van der Waals surface area contributed by atoms with Crippen molar-refractivity contribution in [3.05, 3.63) is 45.3 Å². The van der Waals surface area contributed by atoms with Crippen molar-refractivity contribution in [1.82, 2.24) is 15.2 Å². The summed E-state index contributed by atoms with van der Waals surface area (Å²) < 4.78 is 0. The van der Waals surface area contributed by atoms with Gasteiger partial charge in [-0.2, -0.15) is 0 Å². The summed E-state index contributed by atoms with van der Waals surface area (Å²) >= 11 is 5.94. The molecule has 2 N–H and O–H groups in total. The lowest BCUT2D eigenvalue weighted by atomic mass is 10.3. The van der Waals surface area contributed by atoms with Crippen LogP contribution in [0.3, 0.4) is 0 Å². The predicted molar refractivity (Wildman–Crippen MR) is 62.1 cm³/mol. The molecule has 1 heterocycles. The zero-order valence-electron chi connectivity index (χ0n) is 8.49. The predicted octanol–water partition coefficient (Wildman–Crippen LogP) is 1.87. The van der Waals surface area contributed by atoms with Crippen LogP contribution in [0, 0.1) is 6.92 Å². The summed E-state index contributed by atoms with van der Waals surface area (Å²) in [6.45, 7) is 1.59. The van der Waals surface area contributed by atoms with Crippen LogP contribution in [0.15, 0.2) is 29.1 Å². The Labute approximate surface area is 96.5 Å². The summed E-state index contributed by atoms with van der Waals surface area (Å²) in [5.74, 6) is 0.267. The maximum Gasteiger partial charge on any atom is 0.273 e. The van der Waals surface area contributed by atoms with Gasteiger partial charge in [0.15, 0.2) is 0 Å². The van der Waals surface area contributed by atoms with Gasteiger partial charge in [-0.1, -0.05) is 23.7 Å². The number of rotatable bonds is 2. The van der Waals surface area contributed by atoms with E-state index in [4.69, 9.17) is 11.6 Å². The average Bonchev–Trinajstić information content (AvgIpc) is 2.27. The smallest absolute Gasteiger partial charge is 0.273 e. The standard InChI is InChI=1S/C10H9ClN4O/c1-6-9(16)13-10(15-14-6)12-8-5-3-2-4-7(8)11/h2-5H,1H3,(H2,12,13,15,16). The normalized spacial score (nSPS) is 10.1. The molecule has 1 aromatic heterocycles. The Balaban J connectivity index is 2.31. The van der Waals surface area contributed by atoms with Gasteiger partial charge in [0.1, 0.15) is 5.69 Å². The molecule has 16 heavy (non-hydrogen) atoms. The highest BCUT2D eigenvalue weighted by molar-refractivity contribution is 6.33. The number of aromatic amines is 1. The molecule has 0 aliphatic heterocycles. The van der Waals surface area contributed by atoms with E-state index in [1.165, 1.54) is 0 Å². The average molecular weight is 237 g/mol. The molecule has 2 aromatic rings. The van der Waals surface area contributed by atoms with Crippen molar-refractivity contribution in [3.63, 3.8) is 0 Å². The number of H-pyrrole nitrogens is 1. The zero-order valence-corrected chi connectivity index (χ0v) is 9.25. The van der Waals surface area contributed by atoms with Crippen LogP contribution in [0.1, 0.15) is 5.69 Å². The van der Waals surface area contributed by atoms with Gasteiger partial charge in [0, 0.05) is 0 Å². The van der Waals surface area contributed by atoms with Gasteiger partial charge in [0.2, 0.25) is 5.95 Å². The highest BCUT2D eigenvalue weighted by Gasteiger charge is 2.02. The molecule has 0 aliphatic rings. The van der Waals surface area contributed by atoms with E-state index in [9.17, 15) is 4.79 Å². The molecule has 0 bridgehead atoms. The number of halogens is 1. The van der Waals surface area contributed by atoms with Gasteiger partial charge in [0.05, 0.1) is 10.7 Å². The van der Waals surface area contributed by atoms with Crippen molar-refractivity contribution in [1.29, 1.82) is 0 Å². The molecule has 0 amide bonds. The molecule has 1 aromatic carbocycles. The van der Waals surface area contributed by atoms with E-state index < -0.39 is 0 Å². The third-order valence-electron chi connectivity index (χ3n) is 1.99. The number of hydrogen-bond donors (Lipinski definition) is 2. The van der Waals surface area contributed by atoms with Gasteiger partial charge in [-0.15, -0.1) is 10.2 Å². The lowest BCUT2D eigenvalue weighted by molar-refractivity contribution is 0.908. The van der Waals surface area contributed by atoms with E-state index >= 15 is 0 Å². The van der Waals surface area contributed by atoms with E-state index in [2.05, 4.69) is 20.5 Å². The Kier molecular flexibility index (Phi) is 2.87. The first-order valence-electron chi connectivity index (χ1n) is 4.62. The molecule has 0 saturated carbocycles. The molecule has 0 aliphatic carbocycles. The Bertz CT molecular complexity index is 567. The molecular weight excluding hydrogens is 228 g/mol. The monoisotopic (exact) mass is 236 g/mol. The number of anilines is 2. The van der Waals surface area contributed by atoms with Gasteiger partial charge in [-0.3, -0.25) is 9.78 Å². The Morgan fingerprint density at radius 1 is 1.31 bits per heavy atom. The topological polar surface area (TPSA) is 70.7 Å². The van der Waals surface area contributed by atoms with Crippen LogP contribution in [-0.2, 0) is 0 Å². The zero-order chi connectivity index (χ0) is 11.5. The number of aryl methyl sites for hydroxylation is 1. The third kappa shape index (κ3) is 2.20. The summed E-state index contributed by atoms with van der Waals surface area (Å²) in [4.78, 5) is 13.8. The SMILES string of the molecule is Cc1nnc(Nc2ccccc2Cl)[nH]c1=O. The van der Waals surface area contributed by atoms with Gasteiger partial charge in [0.25, 0.3) is 5.56 Å². The van der Waals surface area contributed by atoms with Crippen LogP contribution in [0.2, 0.25) is 5.02 Å². The quantitative estimate of drug-likeness (QED) is 0.835. The minimum Gasteiger partial charge on any atom is -0.323 e. The number of nitrogens with one attached hydrogen (secondary N) is 2. The van der Waals surface area contributed by atoms with Crippen LogP contribution in [0.4, 0.5) is 11.6 Å². The summed E-state index contributed by atoms with van der Waals surface area (Å²) in [5.41, 5.74) is 0.715. The molecule has 0 radical (unpaired) electrons. The molecule has 0 spiro atoms. The largest absolute Gasteiger partial charge is 0.323 e. The van der Waals surface area contributed by atoms with E-state index in [-0.39, 0.29) is 11.5 Å². The highest BCUT2D eigenvalue weighted by Crippen LogP contribution is 2.22. The number of para-hydroxylation sites is 1. The molecule has 2 rings (SSSR count). The minimum atomic E-state index is -0.274. The summed E-state index contributed by atoms with van der Waals surface area (Å²) in [6.07, 6.45) is 0. The second-order valence-corrected chi connectivity index (χ2v) is 3.60. The third-order valence-corrected chi connectivity index (χ3v) is 2.32. The molecule has 0 atom stereocenters. The molecule has 82 valence electrons. The van der Waals surface area contributed by atoms with Gasteiger partial charge in [-0.25, -0.2) is 0 Å². The number of hydrogen-bond acceptors (Lipinski definition) is 4. The van der Waals surface area contributed by atoms with Gasteiger partial charge >= 0.3 is 0 Å². The molecule has 0 fully saturated rings. The van der Waals surface area contributed by atoms with Crippen molar-refractivity contribution in [2.45, 2.75) is 6.92 Å². The van der Waals surface area contributed by atoms with Crippen LogP contribution >= 0.6 is 11.6 Å². The molecule has 6 heteroatoms. The summed E-state index contributed by atoms with van der Waals surface area (Å²) in [5, 5.41) is 10.9. The molecule has 0 saturated heterocycles. The van der Waals surface area contributed by atoms with Crippen molar-refractivity contribution in [2.24, 2.45) is 0 Å². The lowest BCUT2D eigenvalue weighted by Crippen LogP contribution is -2.15. The Morgan fingerprint density at radius 3 is 2.75 bits per heavy atom. The molecule has 5 nitrogen and oxygen atoms in total. The lowest BCUT2D eigenvalue weighted by Gasteiger charge is -2.05. The van der Waals surface area contributed by atoms with Gasteiger partial charge in [-0.05, 0) is 19.1 Å². The second kappa shape index (κ2) is 4.32. The van der Waals surface area contributed by atoms with E-state index in [1.54, 1.807) is 19.1 Å².